The largest absolute Gasteiger partial charge is 0.339 e. The summed E-state index contributed by atoms with van der Waals surface area (Å²) in [4.78, 5) is 15.8. The molecule has 0 bridgehead atoms. The molecular formula is C9H17N3O. The monoisotopic (exact) mass is 183 g/mol. The minimum absolute atomic E-state index is 0.307. The van der Waals surface area contributed by atoms with Crippen molar-refractivity contribution in [1.29, 1.82) is 0 Å². The van der Waals surface area contributed by atoms with Gasteiger partial charge in [-0.25, -0.2) is 0 Å². The normalized spacial score (nSPS) is 24.2. The van der Waals surface area contributed by atoms with Gasteiger partial charge in [0.2, 0.25) is 5.91 Å². The Kier molecular flexibility index (Phi) is 2.80. The molecule has 13 heavy (non-hydrogen) atoms. The highest BCUT2D eigenvalue weighted by molar-refractivity contribution is 5.78. The van der Waals surface area contributed by atoms with Gasteiger partial charge >= 0.3 is 0 Å². The van der Waals surface area contributed by atoms with E-state index in [1.807, 2.05) is 4.90 Å². The van der Waals surface area contributed by atoms with Crippen LogP contribution in [0, 0.1) is 0 Å². The lowest BCUT2D eigenvalue weighted by Gasteiger charge is -2.34. The summed E-state index contributed by atoms with van der Waals surface area (Å²) in [5.74, 6) is 0.307. The van der Waals surface area contributed by atoms with Crippen LogP contribution >= 0.6 is 0 Å². The molecule has 4 nitrogen and oxygen atoms in total. The molecule has 0 spiro atoms. The van der Waals surface area contributed by atoms with Crippen LogP contribution in [-0.4, -0.2) is 61.5 Å². The fourth-order valence-corrected chi connectivity index (χ4v) is 1.75. The van der Waals surface area contributed by atoms with Crippen LogP contribution in [0.25, 0.3) is 0 Å². The van der Waals surface area contributed by atoms with Crippen molar-refractivity contribution < 1.29 is 4.79 Å². The van der Waals surface area contributed by atoms with Crippen LogP contribution in [0.1, 0.15) is 6.42 Å². The van der Waals surface area contributed by atoms with Crippen molar-refractivity contribution in [2.24, 2.45) is 0 Å². The average Bonchev–Trinajstić information content (AvgIpc) is 2.12. The average molecular weight is 183 g/mol. The molecule has 2 heterocycles. The Hall–Kier alpha value is -0.610. The minimum Gasteiger partial charge on any atom is -0.339 e. The third-order valence-corrected chi connectivity index (χ3v) is 2.78. The molecule has 0 atom stereocenters. The van der Waals surface area contributed by atoms with E-state index in [1.54, 1.807) is 0 Å². The number of carbonyl (C=O) groups excluding carboxylic acids is 1. The van der Waals surface area contributed by atoms with E-state index >= 15 is 0 Å². The molecule has 0 radical (unpaired) electrons. The Balaban J connectivity index is 1.74. The summed E-state index contributed by atoms with van der Waals surface area (Å²) in [6.07, 6.45) is 1.26. The van der Waals surface area contributed by atoms with Crippen LogP contribution in [0.5, 0.6) is 0 Å². The van der Waals surface area contributed by atoms with Crippen molar-refractivity contribution in [3.05, 3.63) is 0 Å². The zero-order valence-corrected chi connectivity index (χ0v) is 7.96. The molecular weight excluding hydrogens is 166 g/mol. The molecule has 1 amide bonds. The van der Waals surface area contributed by atoms with Crippen LogP contribution in [0.2, 0.25) is 0 Å². The summed E-state index contributed by atoms with van der Waals surface area (Å²) in [6.45, 7) is 6.52. The molecule has 0 aromatic rings. The number of amides is 1. The number of nitrogens with zero attached hydrogens (tertiary/aromatic N) is 2. The second kappa shape index (κ2) is 4.07. The summed E-state index contributed by atoms with van der Waals surface area (Å²) in [6, 6.07) is 0. The second-order valence-corrected chi connectivity index (χ2v) is 3.76. The van der Waals surface area contributed by atoms with E-state index in [4.69, 9.17) is 0 Å². The van der Waals surface area contributed by atoms with Crippen LogP contribution in [0.4, 0.5) is 0 Å². The number of carbonyl (C=O) groups is 1. The van der Waals surface area contributed by atoms with Crippen LogP contribution in [0.3, 0.4) is 0 Å². The first-order chi connectivity index (χ1) is 6.36. The standard InChI is InChI=1S/C9H17N3O/c13-9(8-11-4-1-5-11)12-6-2-10-3-7-12/h10H,1-8H2. The highest BCUT2D eigenvalue weighted by Gasteiger charge is 2.21. The van der Waals surface area contributed by atoms with Crippen LogP contribution in [0.15, 0.2) is 0 Å². The first-order valence-corrected chi connectivity index (χ1v) is 5.07. The maximum atomic E-state index is 11.7. The van der Waals surface area contributed by atoms with E-state index in [0.717, 1.165) is 39.3 Å². The molecule has 0 saturated carbocycles. The Morgan fingerprint density at radius 2 is 1.85 bits per heavy atom. The molecule has 0 aromatic heterocycles. The van der Waals surface area contributed by atoms with Gasteiger partial charge < -0.3 is 10.2 Å². The lowest BCUT2D eigenvalue weighted by atomic mass is 10.2. The Labute approximate surface area is 78.9 Å². The van der Waals surface area contributed by atoms with Crippen molar-refractivity contribution in [2.75, 3.05) is 45.8 Å². The molecule has 0 aliphatic carbocycles. The van der Waals surface area contributed by atoms with E-state index < -0.39 is 0 Å². The van der Waals surface area contributed by atoms with Crippen molar-refractivity contribution in [3.8, 4) is 0 Å². The summed E-state index contributed by atoms with van der Waals surface area (Å²) < 4.78 is 0. The SMILES string of the molecule is O=C(CN1CCC1)N1CCNCC1. The zero-order chi connectivity index (χ0) is 9.10. The van der Waals surface area contributed by atoms with Gasteiger partial charge in [0, 0.05) is 26.2 Å². The summed E-state index contributed by atoms with van der Waals surface area (Å²) >= 11 is 0. The molecule has 74 valence electrons. The van der Waals surface area contributed by atoms with E-state index in [0.29, 0.717) is 12.5 Å². The molecule has 4 heteroatoms. The van der Waals surface area contributed by atoms with Gasteiger partial charge in [-0.3, -0.25) is 9.69 Å². The third-order valence-electron chi connectivity index (χ3n) is 2.78. The lowest BCUT2D eigenvalue weighted by molar-refractivity contribution is -0.133. The summed E-state index contributed by atoms with van der Waals surface area (Å²) in [7, 11) is 0. The molecule has 0 aromatic carbocycles. The van der Waals surface area contributed by atoms with Gasteiger partial charge in [0.25, 0.3) is 0 Å². The number of hydrogen-bond donors (Lipinski definition) is 1. The second-order valence-electron chi connectivity index (χ2n) is 3.76. The van der Waals surface area contributed by atoms with Gasteiger partial charge in [-0.1, -0.05) is 0 Å². The van der Waals surface area contributed by atoms with Crippen LogP contribution in [-0.2, 0) is 4.79 Å². The van der Waals surface area contributed by atoms with Gasteiger partial charge in [0.1, 0.15) is 0 Å². The predicted octanol–water partition coefficient (Wildman–Crippen LogP) is -0.876. The van der Waals surface area contributed by atoms with E-state index in [9.17, 15) is 4.79 Å². The maximum absolute atomic E-state index is 11.7. The molecule has 0 unspecified atom stereocenters. The van der Waals surface area contributed by atoms with Gasteiger partial charge in [0.15, 0.2) is 0 Å². The highest BCUT2D eigenvalue weighted by atomic mass is 16.2. The first-order valence-electron chi connectivity index (χ1n) is 5.07. The minimum atomic E-state index is 0.307. The van der Waals surface area contributed by atoms with Crippen molar-refractivity contribution >= 4 is 5.91 Å². The number of nitrogens with one attached hydrogen (secondary N) is 1. The van der Waals surface area contributed by atoms with E-state index in [2.05, 4.69) is 10.2 Å². The fourth-order valence-electron chi connectivity index (χ4n) is 1.75. The van der Waals surface area contributed by atoms with Crippen LogP contribution < -0.4 is 5.32 Å². The Morgan fingerprint density at radius 3 is 2.38 bits per heavy atom. The molecule has 2 aliphatic rings. The van der Waals surface area contributed by atoms with Gasteiger partial charge in [-0.05, 0) is 19.5 Å². The third kappa shape index (κ3) is 2.19. The smallest absolute Gasteiger partial charge is 0.236 e. The number of piperazine rings is 1. The molecule has 2 rings (SSSR count). The van der Waals surface area contributed by atoms with Gasteiger partial charge in [-0.2, -0.15) is 0 Å². The molecule has 2 fully saturated rings. The quantitative estimate of drug-likeness (QED) is 0.604. The van der Waals surface area contributed by atoms with Crippen molar-refractivity contribution in [2.45, 2.75) is 6.42 Å². The maximum Gasteiger partial charge on any atom is 0.236 e. The number of hydrogen-bond acceptors (Lipinski definition) is 3. The molecule has 2 saturated heterocycles. The summed E-state index contributed by atoms with van der Waals surface area (Å²) in [5.41, 5.74) is 0. The van der Waals surface area contributed by atoms with Gasteiger partial charge in [-0.15, -0.1) is 0 Å². The predicted molar refractivity (Wildman–Crippen MR) is 50.5 cm³/mol. The van der Waals surface area contributed by atoms with Gasteiger partial charge in [0.05, 0.1) is 6.54 Å². The van der Waals surface area contributed by atoms with E-state index in [-0.39, 0.29) is 0 Å². The molecule has 2 aliphatic heterocycles. The Morgan fingerprint density at radius 1 is 1.15 bits per heavy atom. The lowest BCUT2D eigenvalue weighted by Crippen LogP contribution is -2.51. The van der Waals surface area contributed by atoms with Crippen molar-refractivity contribution in [1.82, 2.24) is 15.1 Å². The van der Waals surface area contributed by atoms with E-state index in [1.165, 1.54) is 6.42 Å². The fraction of sp³-hybridized carbons (Fsp3) is 0.889. The van der Waals surface area contributed by atoms with Crippen molar-refractivity contribution in [3.63, 3.8) is 0 Å². The molecule has 1 N–H and O–H groups in total. The zero-order valence-electron chi connectivity index (χ0n) is 7.96. The summed E-state index contributed by atoms with van der Waals surface area (Å²) in [5, 5.41) is 3.24. The first kappa shape index (κ1) is 8.97. The Bertz CT molecular complexity index is 185. The number of rotatable bonds is 2. The number of likely N-dealkylation sites (tertiary alicyclic amines) is 1. The topological polar surface area (TPSA) is 35.6 Å². The highest BCUT2D eigenvalue weighted by Crippen LogP contribution is 2.06.